The number of hydrogen-bond acceptors (Lipinski definition) is 6. The average Bonchev–Trinajstić information content (AvgIpc) is 3.05. The highest BCUT2D eigenvalue weighted by molar-refractivity contribution is 7.72. The topological polar surface area (TPSA) is 94.3 Å². The minimum Gasteiger partial charge on any atom is -0.505 e. The van der Waals surface area contributed by atoms with Gasteiger partial charge in [0.15, 0.2) is 10.7 Å². The average molecular weight is 404 g/mol. The third-order valence-corrected chi connectivity index (χ3v) is 5.13. The van der Waals surface area contributed by atoms with Crippen LogP contribution in [-0.4, -0.2) is 35.1 Å². The lowest BCUT2D eigenvalue weighted by molar-refractivity contribution is 0.307. The number of aromatic nitrogens is 3. The van der Waals surface area contributed by atoms with Crippen molar-refractivity contribution in [3.63, 3.8) is 0 Å². The Morgan fingerprint density at radius 3 is 2.46 bits per heavy atom. The number of fused-ring (bicyclic) bond motifs is 1. The zero-order valence-electron chi connectivity index (χ0n) is 16.5. The molecule has 0 fully saturated rings. The lowest BCUT2D eigenvalue weighted by atomic mass is 9.86. The minimum atomic E-state index is -2.70. The van der Waals surface area contributed by atoms with E-state index in [0.717, 1.165) is 18.4 Å². The van der Waals surface area contributed by atoms with Crippen LogP contribution in [0.2, 0.25) is 0 Å². The molecule has 2 aromatic carbocycles. The van der Waals surface area contributed by atoms with E-state index in [-0.39, 0.29) is 16.1 Å². The van der Waals surface area contributed by atoms with Gasteiger partial charge in [-0.05, 0) is 36.1 Å². The number of phenolic OH excluding ortho intramolecular Hbond substituents is 1. The van der Waals surface area contributed by atoms with Gasteiger partial charge in [-0.2, -0.15) is 0 Å². The van der Waals surface area contributed by atoms with Gasteiger partial charge in [0.1, 0.15) is 28.2 Å². The smallest absolute Gasteiger partial charge is 0.168 e. The van der Waals surface area contributed by atoms with Crippen molar-refractivity contribution in [2.75, 3.05) is 6.61 Å². The minimum absolute atomic E-state index is 0.0748. The van der Waals surface area contributed by atoms with E-state index in [1.54, 1.807) is 12.1 Å². The standard InChI is InChI=1S/C20H25N3O4S/c1-5-6-9-27-13-10-15(20(2,3)4)19(24)18(11-13)23-21-16-8-7-14(28(25)26)12-17(16)22-23/h7-8,10-12,24,28H,5-6,9H2,1-4H3. The summed E-state index contributed by atoms with van der Waals surface area (Å²) < 4.78 is 28.3. The molecule has 0 atom stereocenters. The van der Waals surface area contributed by atoms with Gasteiger partial charge in [0.25, 0.3) is 0 Å². The van der Waals surface area contributed by atoms with Crippen LogP contribution in [0.5, 0.6) is 11.5 Å². The van der Waals surface area contributed by atoms with Crippen molar-refractivity contribution < 1.29 is 18.3 Å². The zero-order valence-corrected chi connectivity index (χ0v) is 17.4. The molecule has 3 aromatic rings. The molecule has 0 saturated carbocycles. The molecule has 0 amide bonds. The largest absolute Gasteiger partial charge is 0.505 e. The summed E-state index contributed by atoms with van der Waals surface area (Å²) in [4.78, 5) is 1.50. The summed E-state index contributed by atoms with van der Waals surface area (Å²) in [6.07, 6.45) is 1.95. The third kappa shape index (κ3) is 4.11. The Balaban J connectivity index is 2.13. The Bertz CT molecular complexity index is 1070. The van der Waals surface area contributed by atoms with E-state index < -0.39 is 10.7 Å². The van der Waals surface area contributed by atoms with Crippen LogP contribution in [0.3, 0.4) is 0 Å². The van der Waals surface area contributed by atoms with Crippen LogP contribution in [0.4, 0.5) is 0 Å². The highest BCUT2D eigenvalue weighted by atomic mass is 32.2. The maximum absolute atomic E-state index is 11.2. The van der Waals surface area contributed by atoms with Gasteiger partial charge in [0, 0.05) is 11.6 Å². The van der Waals surface area contributed by atoms with E-state index in [4.69, 9.17) is 4.74 Å². The number of hydrogen-bond donors (Lipinski definition) is 2. The number of ether oxygens (including phenoxy) is 1. The fraction of sp³-hybridized carbons (Fsp3) is 0.400. The third-order valence-electron chi connectivity index (χ3n) is 4.43. The van der Waals surface area contributed by atoms with Crippen LogP contribution in [0.25, 0.3) is 16.7 Å². The summed E-state index contributed by atoms with van der Waals surface area (Å²) in [5.74, 6) is 0.710. The molecule has 1 N–H and O–H groups in total. The lowest BCUT2D eigenvalue weighted by Crippen LogP contribution is -2.14. The molecule has 0 saturated heterocycles. The Morgan fingerprint density at radius 2 is 1.82 bits per heavy atom. The number of thiol groups is 1. The summed E-state index contributed by atoms with van der Waals surface area (Å²) in [6, 6.07) is 8.10. The van der Waals surface area contributed by atoms with Gasteiger partial charge in [-0.25, -0.2) is 8.42 Å². The summed E-state index contributed by atoms with van der Waals surface area (Å²) >= 11 is 0. The molecule has 0 radical (unpaired) electrons. The first-order valence-corrected chi connectivity index (χ1v) is 10.4. The van der Waals surface area contributed by atoms with Gasteiger partial charge < -0.3 is 9.84 Å². The second-order valence-corrected chi connectivity index (χ2v) is 8.74. The molecule has 0 aliphatic carbocycles. The van der Waals surface area contributed by atoms with Crippen LogP contribution in [0, 0.1) is 0 Å². The molecule has 7 nitrogen and oxygen atoms in total. The summed E-state index contributed by atoms with van der Waals surface area (Å²) in [6.45, 7) is 8.69. The van der Waals surface area contributed by atoms with Crippen molar-refractivity contribution in [3.8, 4) is 17.2 Å². The van der Waals surface area contributed by atoms with Crippen molar-refractivity contribution in [1.82, 2.24) is 15.0 Å². The van der Waals surface area contributed by atoms with Crippen molar-refractivity contribution in [1.29, 1.82) is 0 Å². The predicted octanol–water partition coefficient (Wildman–Crippen LogP) is 3.57. The molecule has 0 aliphatic rings. The number of phenols is 1. The van der Waals surface area contributed by atoms with E-state index in [0.29, 0.717) is 29.1 Å². The summed E-state index contributed by atoms with van der Waals surface area (Å²) in [5.41, 5.74) is 1.77. The van der Waals surface area contributed by atoms with Gasteiger partial charge in [-0.1, -0.05) is 34.1 Å². The number of rotatable bonds is 6. The van der Waals surface area contributed by atoms with Gasteiger partial charge in [0.05, 0.1) is 11.5 Å². The molecular formula is C20H25N3O4S. The number of unbranched alkanes of at least 4 members (excludes halogenated alkanes) is 1. The fourth-order valence-corrected chi connectivity index (χ4v) is 3.28. The van der Waals surface area contributed by atoms with Crippen molar-refractivity contribution in [2.45, 2.75) is 50.8 Å². The predicted molar refractivity (Wildman–Crippen MR) is 108 cm³/mol. The normalized spacial score (nSPS) is 12.0. The fourth-order valence-electron chi connectivity index (χ4n) is 2.86. The molecule has 150 valence electrons. The molecule has 1 heterocycles. The Hall–Kier alpha value is -2.61. The molecular weight excluding hydrogens is 378 g/mol. The van der Waals surface area contributed by atoms with Crippen LogP contribution in [-0.2, 0) is 16.1 Å². The van der Waals surface area contributed by atoms with Crippen molar-refractivity contribution in [3.05, 3.63) is 35.9 Å². The molecule has 28 heavy (non-hydrogen) atoms. The van der Waals surface area contributed by atoms with Crippen LogP contribution < -0.4 is 4.74 Å². The van der Waals surface area contributed by atoms with Gasteiger partial charge in [-0.15, -0.1) is 15.0 Å². The summed E-state index contributed by atoms with van der Waals surface area (Å²) in [7, 11) is -2.70. The van der Waals surface area contributed by atoms with Crippen LogP contribution >= 0.6 is 0 Å². The van der Waals surface area contributed by atoms with Gasteiger partial charge in [-0.3, -0.25) is 0 Å². The zero-order chi connectivity index (χ0) is 20.5. The second kappa shape index (κ2) is 7.79. The molecule has 0 aliphatic heterocycles. The van der Waals surface area contributed by atoms with E-state index in [1.165, 1.54) is 16.9 Å². The highest BCUT2D eigenvalue weighted by Gasteiger charge is 2.24. The van der Waals surface area contributed by atoms with Crippen LogP contribution in [0.15, 0.2) is 35.2 Å². The Labute approximate surface area is 165 Å². The number of aromatic hydroxyl groups is 1. The molecule has 3 rings (SSSR count). The monoisotopic (exact) mass is 403 g/mol. The van der Waals surface area contributed by atoms with Crippen LogP contribution in [0.1, 0.15) is 46.1 Å². The van der Waals surface area contributed by atoms with Crippen molar-refractivity contribution in [2.24, 2.45) is 0 Å². The first-order valence-electron chi connectivity index (χ1n) is 9.23. The first-order chi connectivity index (χ1) is 13.2. The number of benzene rings is 2. The summed E-state index contributed by atoms with van der Waals surface area (Å²) in [5, 5.41) is 19.7. The maximum atomic E-state index is 11.2. The van der Waals surface area contributed by atoms with E-state index in [2.05, 4.69) is 17.1 Å². The Kier molecular flexibility index (Phi) is 5.60. The molecule has 0 spiro atoms. The molecule has 8 heteroatoms. The van der Waals surface area contributed by atoms with E-state index in [9.17, 15) is 13.5 Å². The Morgan fingerprint density at radius 1 is 1.11 bits per heavy atom. The highest BCUT2D eigenvalue weighted by Crippen LogP contribution is 2.38. The lowest BCUT2D eigenvalue weighted by Gasteiger charge is -2.23. The quantitative estimate of drug-likeness (QED) is 0.483. The maximum Gasteiger partial charge on any atom is 0.168 e. The number of nitrogens with zero attached hydrogens (tertiary/aromatic N) is 3. The van der Waals surface area contributed by atoms with E-state index in [1.807, 2.05) is 26.8 Å². The molecule has 0 unspecified atom stereocenters. The molecule has 0 bridgehead atoms. The first kappa shape index (κ1) is 20.1. The van der Waals surface area contributed by atoms with Crippen molar-refractivity contribution >= 4 is 21.7 Å². The van der Waals surface area contributed by atoms with E-state index >= 15 is 0 Å². The second-order valence-electron chi connectivity index (χ2n) is 7.71. The molecule has 1 aromatic heterocycles. The van der Waals surface area contributed by atoms with Gasteiger partial charge in [0.2, 0.25) is 0 Å². The van der Waals surface area contributed by atoms with Gasteiger partial charge >= 0.3 is 0 Å². The SMILES string of the molecule is CCCCOc1cc(-n2nc3ccc([SH](=O)=O)cc3n2)c(O)c(C(C)(C)C)c1.